The molecule has 9 heteroatoms. The molecule has 0 radical (unpaired) electrons. The van der Waals surface area contributed by atoms with Crippen molar-refractivity contribution in [2.45, 2.75) is 0 Å². The van der Waals surface area contributed by atoms with Crippen molar-refractivity contribution in [1.82, 2.24) is 15.6 Å². The number of carbonyl (C=O) groups excluding carboxylic acids is 1. The highest BCUT2D eigenvalue weighted by Gasteiger charge is 2.12. The van der Waals surface area contributed by atoms with E-state index >= 15 is 0 Å². The van der Waals surface area contributed by atoms with E-state index in [4.69, 9.17) is 4.42 Å². The molecule has 0 saturated heterocycles. The summed E-state index contributed by atoms with van der Waals surface area (Å²) in [4.78, 5) is 21.8. The van der Waals surface area contributed by atoms with Crippen LogP contribution in [-0.4, -0.2) is 27.2 Å². The number of aromatic amines is 1. The number of hydrogen-bond acceptors (Lipinski definition) is 6. The first kappa shape index (κ1) is 15.2. The number of furan rings is 1. The summed E-state index contributed by atoms with van der Waals surface area (Å²) in [6.07, 6.45) is 1.17. The van der Waals surface area contributed by atoms with Crippen molar-refractivity contribution in [1.29, 1.82) is 0 Å². The van der Waals surface area contributed by atoms with E-state index in [-0.39, 0.29) is 11.5 Å². The van der Waals surface area contributed by atoms with Gasteiger partial charge in [0.1, 0.15) is 10.6 Å². The monoisotopic (exact) mass is 325 g/mol. The normalized spacial score (nSPS) is 10.8. The molecule has 0 bridgehead atoms. The highest BCUT2D eigenvalue weighted by Crippen LogP contribution is 2.17. The first-order chi connectivity index (χ1) is 11.6. The minimum Gasteiger partial charge on any atom is -0.400 e. The van der Waals surface area contributed by atoms with Gasteiger partial charge in [0.25, 0.3) is 5.91 Å². The van der Waals surface area contributed by atoms with Gasteiger partial charge in [-0.1, -0.05) is 30.3 Å². The lowest BCUT2D eigenvalue weighted by atomic mass is 10.1. The van der Waals surface area contributed by atoms with Gasteiger partial charge in [0, 0.05) is 5.56 Å². The number of nitrogens with zero attached hydrogens (tertiary/aromatic N) is 3. The number of benzene rings is 1. The molecule has 9 nitrogen and oxygen atoms in total. The summed E-state index contributed by atoms with van der Waals surface area (Å²) in [5.41, 5.74) is 4.02. The molecule has 0 aliphatic heterocycles. The van der Waals surface area contributed by atoms with Crippen LogP contribution in [0.1, 0.15) is 16.2 Å². The van der Waals surface area contributed by atoms with E-state index in [1.165, 1.54) is 18.3 Å². The average Bonchev–Trinajstić information content (AvgIpc) is 3.25. The third kappa shape index (κ3) is 3.35. The van der Waals surface area contributed by atoms with Crippen LogP contribution in [0.5, 0.6) is 0 Å². The predicted molar refractivity (Wildman–Crippen MR) is 84.4 cm³/mol. The van der Waals surface area contributed by atoms with Gasteiger partial charge < -0.3 is 4.42 Å². The average molecular weight is 325 g/mol. The quantitative estimate of drug-likeness (QED) is 0.423. The number of hydrogen-bond donors (Lipinski definition) is 2. The Morgan fingerprint density at radius 1 is 1.29 bits per heavy atom. The van der Waals surface area contributed by atoms with Gasteiger partial charge in [-0.15, -0.1) is 0 Å². The lowest BCUT2D eigenvalue weighted by Crippen LogP contribution is -2.17. The van der Waals surface area contributed by atoms with Crippen LogP contribution in [0.15, 0.2) is 58.0 Å². The van der Waals surface area contributed by atoms with Crippen molar-refractivity contribution >= 4 is 18.0 Å². The van der Waals surface area contributed by atoms with Crippen molar-refractivity contribution in [3.8, 4) is 11.3 Å². The summed E-state index contributed by atoms with van der Waals surface area (Å²) in [5, 5.41) is 20.9. The Hall–Kier alpha value is -3.75. The van der Waals surface area contributed by atoms with E-state index in [1.54, 1.807) is 6.07 Å². The third-order valence-electron chi connectivity index (χ3n) is 3.04. The molecule has 1 aromatic carbocycles. The number of amides is 1. The summed E-state index contributed by atoms with van der Waals surface area (Å²) in [7, 11) is 0. The Morgan fingerprint density at radius 2 is 2.08 bits per heavy atom. The summed E-state index contributed by atoms with van der Waals surface area (Å²) >= 11 is 0. The van der Waals surface area contributed by atoms with Crippen LogP contribution in [0, 0.1) is 10.1 Å². The fraction of sp³-hybridized carbons (Fsp3) is 0. The van der Waals surface area contributed by atoms with Crippen LogP contribution in [-0.2, 0) is 0 Å². The maximum Gasteiger partial charge on any atom is 0.433 e. The Bertz CT molecular complexity index is 897. The number of hydrazone groups is 1. The lowest BCUT2D eigenvalue weighted by Gasteiger charge is -1.94. The molecular weight excluding hydrogens is 314 g/mol. The van der Waals surface area contributed by atoms with Gasteiger partial charge in [0.05, 0.1) is 18.0 Å². The van der Waals surface area contributed by atoms with E-state index in [2.05, 4.69) is 20.7 Å². The van der Waals surface area contributed by atoms with Crippen LogP contribution in [0.25, 0.3) is 11.3 Å². The number of H-pyrrole nitrogens is 1. The van der Waals surface area contributed by atoms with Gasteiger partial charge in [0.15, 0.2) is 5.76 Å². The highest BCUT2D eigenvalue weighted by atomic mass is 16.6. The van der Waals surface area contributed by atoms with E-state index in [0.29, 0.717) is 5.69 Å². The van der Waals surface area contributed by atoms with Gasteiger partial charge in [-0.2, -0.15) is 10.2 Å². The van der Waals surface area contributed by atoms with Crippen LogP contribution in [0.4, 0.5) is 5.88 Å². The SMILES string of the molecule is O=C(NN=Cc1ccc([N+](=O)[O-])o1)c1cc(-c2ccccc2)n[nH]1. The standard InChI is InChI=1S/C15H11N5O4/c21-15(19-16-9-11-6-7-14(24-11)20(22)23)13-8-12(17-18-13)10-4-2-1-3-5-10/h1-9H,(H,17,18)(H,19,21). The molecule has 0 atom stereocenters. The van der Waals surface area contributed by atoms with Crippen molar-refractivity contribution < 1.29 is 14.1 Å². The molecule has 2 aromatic heterocycles. The molecule has 0 fully saturated rings. The molecule has 24 heavy (non-hydrogen) atoms. The summed E-state index contributed by atoms with van der Waals surface area (Å²) in [6, 6.07) is 13.5. The topological polar surface area (TPSA) is 126 Å². The molecule has 3 aromatic rings. The second-order valence-electron chi connectivity index (χ2n) is 4.67. The Labute approximate surface area is 135 Å². The molecule has 1 amide bonds. The maximum atomic E-state index is 12.0. The summed E-state index contributed by atoms with van der Waals surface area (Å²) in [6.45, 7) is 0. The van der Waals surface area contributed by atoms with Crippen LogP contribution >= 0.6 is 0 Å². The minimum absolute atomic E-state index is 0.150. The first-order valence-corrected chi connectivity index (χ1v) is 6.82. The Kier molecular flexibility index (Phi) is 4.15. The van der Waals surface area contributed by atoms with Crippen molar-refractivity contribution in [3.05, 3.63) is 70.1 Å². The highest BCUT2D eigenvalue weighted by molar-refractivity contribution is 5.93. The van der Waals surface area contributed by atoms with Crippen molar-refractivity contribution in [3.63, 3.8) is 0 Å². The predicted octanol–water partition coefficient (Wildman–Crippen LogP) is 2.34. The number of nitrogens with one attached hydrogen (secondary N) is 2. The van der Waals surface area contributed by atoms with E-state index in [9.17, 15) is 14.9 Å². The fourth-order valence-electron chi connectivity index (χ4n) is 1.92. The van der Waals surface area contributed by atoms with Gasteiger partial charge in [-0.3, -0.25) is 20.0 Å². The maximum absolute atomic E-state index is 12.0. The molecule has 2 N–H and O–H groups in total. The lowest BCUT2D eigenvalue weighted by molar-refractivity contribution is -0.402. The Balaban J connectivity index is 1.64. The fourth-order valence-corrected chi connectivity index (χ4v) is 1.92. The van der Waals surface area contributed by atoms with Crippen LogP contribution in [0.2, 0.25) is 0 Å². The number of rotatable bonds is 5. The largest absolute Gasteiger partial charge is 0.433 e. The van der Waals surface area contributed by atoms with Gasteiger partial charge in [-0.05, 0) is 12.1 Å². The zero-order chi connectivity index (χ0) is 16.9. The molecule has 0 saturated carbocycles. The molecule has 3 rings (SSSR count). The molecule has 0 spiro atoms. The summed E-state index contributed by atoms with van der Waals surface area (Å²) in [5.74, 6) is -0.748. The third-order valence-corrected chi connectivity index (χ3v) is 3.04. The molecule has 120 valence electrons. The van der Waals surface area contributed by atoms with Crippen LogP contribution < -0.4 is 5.43 Å². The Morgan fingerprint density at radius 3 is 2.79 bits per heavy atom. The second-order valence-corrected chi connectivity index (χ2v) is 4.67. The zero-order valence-electron chi connectivity index (χ0n) is 12.2. The van der Waals surface area contributed by atoms with Gasteiger partial charge in [0.2, 0.25) is 0 Å². The van der Waals surface area contributed by atoms with Gasteiger partial charge in [-0.25, -0.2) is 5.43 Å². The van der Waals surface area contributed by atoms with E-state index < -0.39 is 16.7 Å². The van der Waals surface area contributed by atoms with Gasteiger partial charge >= 0.3 is 5.88 Å². The number of carbonyl (C=O) groups is 1. The van der Waals surface area contributed by atoms with Crippen molar-refractivity contribution in [2.24, 2.45) is 5.10 Å². The molecule has 0 aliphatic carbocycles. The molecular formula is C15H11N5O4. The second kappa shape index (κ2) is 6.57. The zero-order valence-corrected chi connectivity index (χ0v) is 12.2. The van der Waals surface area contributed by atoms with E-state index in [1.807, 2.05) is 30.3 Å². The molecule has 2 heterocycles. The van der Waals surface area contributed by atoms with Crippen molar-refractivity contribution in [2.75, 3.05) is 0 Å². The molecule has 0 unspecified atom stereocenters. The number of nitro groups is 1. The smallest absolute Gasteiger partial charge is 0.400 e. The number of aromatic nitrogens is 2. The van der Waals surface area contributed by atoms with E-state index in [0.717, 1.165) is 5.56 Å². The van der Waals surface area contributed by atoms with Crippen LogP contribution in [0.3, 0.4) is 0 Å². The minimum atomic E-state index is -0.661. The first-order valence-electron chi connectivity index (χ1n) is 6.82. The summed E-state index contributed by atoms with van der Waals surface area (Å²) < 4.78 is 4.87. The molecule has 0 aliphatic rings.